The molecule has 1 N–H and O–H groups in total. The number of carboxylic acid groups (broad SMARTS) is 1. The van der Waals surface area contributed by atoms with E-state index in [1.54, 1.807) is 55.5 Å². The maximum Gasteiger partial charge on any atom is 0.343 e. The summed E-state index contributed by atoms with van der Waals surface area (Å²) in [4.78, 5) is 22.8. The van der Waals surface area contributed by atoms with Crippen LogP contribution in [0.5, 0.6) is 5.75 Å². The van der Waals surface area contributed by atoms with Crippen LogP contribution in [0.3, 0.4) is 0 Å². The molecule has 4 heteroatoms. The standard InChI is InChI=1S/C16H14O4/c1-11(15(17)18)12-7-9-13(10-8-12)16(19)20-14-5-3-2-4-6-14/h2-11H,1H3,(H,17,18). The van der Waals surface area contributed by atoms with Crippen molar-refractivity contribution in [2.75, 3.05) is 0 Å². The van der Waals surface area contributed by atoms with Crippen LogP contribution in [0, 0.1) is 0 Å². The van der Waals surface area contributed by atoms with Crippen molar-refractivity contribution in [1.82, 2.24) is 0 Å². The Hall–Kier alpha value is -2.62. The minimum Gasteiger partial charge on any atom is -0.481 e. The molecule has 0 spiro atoms. The van der Waals surface area contributed by atoms with Crippen molar-refractivity contribution in [1.29, 1.82) is 0 Å². The lowest BCUT2D eigenvalue weighted by Crippen LogP contribution is -2.10. The predicted octanol–water partition coefficient (Wildman–Crippen LogP) is 3.09. The summed E-state index contributed by atoms with van der Waals surface area (Å²) >= 11 is 0. The van der Waals surface area contributed by atoms with Gasteiger partial charge in [-0.3, -0.25) is 4.79 Å². The Morgan fingerprint density at radius 3 is 2.15 bits per heavy atom. The lowest BCUT2D eigenvalue weighted by Gasteiger charge is -2.08. The molecule has 0 saturated heterocycles. The number of rotatable bonds is 4. The molecular weight excluding hydrogens is 256 g/mol. The SMILES string of the molecule is CC(C(=O)O)c1ccc(C(=O)Oc2ccccc2)cc1. The predicted molar refractivity (Wildman–Crippen MR) is 73.9 cm³/mol. The normalized spacial score (nSPS) is 11.7. The summed E-state index contributed by atoms with van der Waals surface area (Å²) in [5.74, 6) is -1.50. The molecule has 2 rings (SSSR count). The van der Waals surface area contributed by atoms with Crippen LogP contribution >= 0.6 is 0 Å². The van der Waals surface area contributed by atoms with Gasteiger partial charge in [-0.1, -0.05) is 30.3 Å². The molecule has 0 amide bonds. The quantitative estimate of drug-likeness (QED) is 0.685. The number of carboxylic acids is 1. The number of para-hydroxylation sites is 1. The Kier molecular flexibility index (Phi) is 4.15. The first-order valence-electron chi connectivity index (χ1n) is 6.18. The molecule has 0 heterocycles. The molecule has 0 saturated carbocycles. The van der Waals surface area contributed by atoms with E-state index in [0.29, 0.717) is 16.9 Å². The summed E-state index contributed by atoms with van der Waals surface area (Å²) in [5.41, 5.74) is 1.03. The molecule has 0 aliphatic rings. The van der Waals surface area contributed by atoms with Crippen LogP contribution in [0.2, 0.25) is 0 Å². The van der Waals surface area contributed by atoms with Gasteiger partial charge in [0.1, 0.15) is 5.75 Å². The summed E-state index contributed by atoms with van der Waals surface area (Å²) in [7, 11) is 0. The Bertz CT molecular complexity index is 602. The van der Waals surface area contributed by atoms with Crippen LogP contribution < -0.4 is 4.74 Å². The summed E-state index contributed by atoms with van der Waals surface area (Å²) in [6.07, 6.45) is 0. The van der Waals surface area contributed by atoms with E-state index >= 15 is 0 Å². The molecule has 20 heavy (non-hydrogen) atoms. The third-order valence-electron chi connectivity index (χ3n) is 2.97. The summed E-state index contributed by atoms with van der Waals surface area (Å²) in [6, 6.07) is 15.2. The van der Waals surface area contributed by atoms with Gasteiger partial charge in [-0.15, -0.1) is 0 Å². The molecular formula is C16H14O4. The van der Waals surface area contributed by atoms with E-state index in [1.165, 1.54) is 0 Å². The average Bonchev–Trinajstić information content (AvgIpc) is 2.47. The van der Waals surface area contributed by atoms with Gasteiger partial charge in [0.15, 0.2) is 0 Å². The molecule has 0 bridgehead atoms. The molecule has 0 aliphatic carbocycles. The van der Waals surface area contributed by atoms with Crippen LogP contribution in [-0.4, -0.2) is 17.0 Å². The first-order valence-corrected chi connectivity index (χ1v) is 6.18. The van der Waals surface area contributed by atoms with Crippen molar-refractivity contribution in [2.24, 2.45) is 0 Å². The number of hydrogen-bond donors (Lipinski definition) is 1. The van der Waals surface area contributed by atoms with Gasteiger partial charge in [-0.2, -0.15) is 0 Å². The van der Waals surface area contributed by atoms with Crippen LogP contribution in [0.15, 0.2) is 54.6 Å². The minimum absolute atomic E-state index is 0.384. The van der Waals surface area contributed by atoms with Crippen molar-refractivity contribution in [3.8, 4) is 5.75 Å². The van der Waals surface area contributed by atoms with Crippen molar-refractivity contribution in [2.45, 2.75) is 12.8 Å². The first kappa shape index (κ1) is 13.8. The van der Waals surface area contributed by atoms with E-state index in [0.717, 1.165) is 0 Å². The first-order chi connectivity index (χ1) is 9.58. The Morgan fingerprint density at radius 1 is 1.00 bits per heavy atom. The molecule has 0 aromatic heterocycles. The third-order valence-corrected chi connectivity index (χ3v) is 2.97. The summed E-state index contributed by atoms with van der Waals surface area (Å²) < 4.78 is 5.19. The van der Waals surface area contributed by atoms with E-state index < -0.39 is 17.9 Å². The van der Waals surface area contributed by atoms with E-state index in [9.17, 15) is 9.59 Å². The van der Waals surface area contributed by atoms with Gasteiger partial charge in [0.25, 0.3) is 0 Å². The zero-order chi connectivity index (χ0) is 14.5. The molecule has 1 unspecified atom stereocenters. The molecule has 0 radical (unpaired) electrons. The van der Waals surface area contributed by atoms with E-state index in [4.69, 9.17) is 9.84 Å². The van der Waals surface area contributed by atoms with Gasteiger partial charge in [0, 0.05) is 0 Å². The second-order valence-corrected chi connectivity index (χ2v) is 4.38. The number of esters is 1. The molecule has 4 nitrogen and oxygen atoms in total. The molecule has 1 atom stereocenters. The molecule has 0 aliphatic heterocycles. The topological polar surface area (TPSA) is 63.6 Å². The van der Waals surface area contributed by atoms with Crippen molar-refractivity contribution in [3.05, 3.63) is 65.7 Å². The smallest absolute Gasteiger partial charge is 0.343 e. The highest BCUT2D eigenvalue weighted by atomic mass is 16.5. The zero-order valence-corrected chi connectivity index (χ0v) is 10.9. The average molecular weight is 270 g/mol. The van der Waals surface area contributed by atoms with Crippen molar-refractivity contribution >= 4 is 11.9 Å². The second-order valence-electron chi connectivity index (χ2n) is 4.38. The molecule has 102 valence electrons. The Balaban J connectivity index is 2.10. The van der Waals surface area contributed by atoms with Gasteiger partial charge in [0.2, 0.25) is 0 Å². The third kappa shape index (κ3) is 3.23. The van der Waals surface area contributed by atoms with Crippen LogP contribution in [0.1, 0.15) is 28.8 Å². The number of aliphatic carboxylic acids is 1. The Morgan fingerprint density at radius 2 is 1.60 bits per heavy atom. The maximum absolute atomic E-state index is 11.9. The Labute approximate surface area is 116 Å². The fourth-order valence-electron chi connectivity index (χ4n) is 1.70. The summed E-state index contributed by atoms with van der Waals surface area (Å²) in [5, 5.41) is 8.92. The van der Waals surface area contributed by atoms with E-state index in [2.05, 4.69) is 0 Å². The van der Waals surface area contributed by atoms with Gasteiger partial charge in [-0.05, 0) is 36.8 Å². The number of hydrogen-bond acceptors (Lipinski definition) is 3. The van der Waals surface area contributed by atoms with Gasteiger partial charge >= 0.3 is 11.9 Å². The van der Waals surface area contributed by atoms with Gasteiger partial charge in [-0.25, -0.2) is 4.79 Å². The molecule has 2 aromatic carbocycles. The fraction of sp³-hybridized carbons (Fsp3) is 0.125. The fourth-order valence-corrected chi connectivity index (χ4v) is 1.70. The largest absolute Gasteiger partial charge is 0.481 e. The minimum atomic E-state index is -0.899. The van der Waals surface area contributed by atoms with Crippen LogP contribution in [0.4, 0.5) is 0 Å². The monoisotopic (exact) mass is 270 g/mol. The number of carbonyl (C=O) groups excluding carboxylic acids is 1. The lowest BCUT2D eigenvalue weighted by atomic mass is 10.0. The van der Waals surface area contributed by atoms with E-state index in [1.807, 2.05) is 6.07 Å². The number of benzene rings is 2. The van der Waals surface area contributed by atoms with E-state index in [-0.39, 0.29) is 0 Å². The number of carbonyl (C=O) groups is 2. The maximum atomic E-state index is 11.9. The molecule has 0 fully saturated rings. The summed E-state index contributed by atoms with van der Waals surface area (Å²) in [6.45, 7) is 1.60. The van der Waals surface area contributed by atoms with Crippen LogP contribution in [0.25, 0.3) is 0 Å². The van der Waals surface area contributed by atoms with Crippen molar-refractivity contribution in [3.63, 3.8) is 0 Å². The lowest BCUT2D eigenvalue weighted by molar-refractivity contribution is -0.138. The van der Waals surface area contributed by atoms with Crippen molar-refractivity contribution < 1.29 is 19.4 Å². The second kappa shape index (κ2) is 6.02. The highest BCUT2D eigenvalue weighted by Crippen LogP contribution is 2.17. The zero-order valence-electron chi connectivity index (χ0n) is 10.9. The highest BCUT2D eigenvalue weighted by Gasteiger charge is 2.14. The highest BCUT2D eigenvalue weighted by molar-refractivity contribution is 5.91. The van der Waals surface area contributed by atoms with Gasteiger partial charge in [0.05, 0.1) is 11.5 Å². The van der Waals surface area contributed by atoms with Gasteiger partial charge < -0.3 is 9.84 Å². The molecule has 2 aromatic rings. The number of ether oxygens (including phenoxy) is 1. The van der Waals surface area contributed by atoms with Crippen LogP contribution in [-0.2, 0) is 4.79 Å².